The fourth-order valence-corrected chi connectivity index (χ4v) is 3.39. The lowest BCUT2D eigenvalue weighted by molar-refractivity contribution is -0.139. The molecule has 0 unspecified atom stereocenters. The molecule has 0 aromatic carbocycles. The van der Waals surface area contributed by atoms with E-state index in [0.717, 1.165) is 13.0 Å². The molecule has 0 fully saturated rings. The molecule has 0 bridgehead atoms. The zero-order chi connectivity index (χ0) is 20.2. The van der Waals surface area contributed by atoms with Crippen LogP contribution in [0.2, 0.25) is 0 Å². The molecule has 3 heteroatoms. The Labute approximate surface area is 169 Å². The average Bonchev–Trinajstić information content (AvgIpc) is 2.62. The topological polar surface area (TPSA) is 49.3 Å². The SMILES string of the molecule is CCCCCCCC/C=C\CCCCCCCCN[C@@H](CC(C)C)C(=O)O. The zero-order valence-corrected chi connectivity index (χ0v) is 18.5. The van der Waals surface area contributed by atoms with Crippen LogP contribution in [0, 0.1) is 5.92 Å². The fraction of sp³-hybridized carbons (Fsp3) is 0.875. The third kappa shape index (κ3) is 19.7. The van der Waals surface area contributed by atoms with Gasteiger partial charge in [0.2, 0.25) is 0 Å². The number of rotatable bonds is 20. The Morgan fingerprint density at radius 3 is 1.78 bits per heavy atom. The summed E-state index contributed by atoms with van der Waals surface area (Å²) in [5.41, 5.74) is 0. The molecule has 0 aromatic heterocycles. The molecule has 3 nitrogen and oxygen atoms in total. The number of aliphatic carboxylic acids is 1. The van der Waals surface area contributed by atoms with Crippen LogP contribution in [0.25, 0.3) is 0 Å². The highest BCUT2D eigenvalue weighted by atomic mass is 16.4. The van der Waals surface area contributed by atoms with Gasteiger partial charge < -0.3 is 10.4 Å². The molecule has 0 aromatic rings. The Kier molecular flexibility index (Phi) is 19.3. The highest BCUT2D eigenvalue weighted by molar-refractivity contribution is 5.73. The lowest BCUT2D eigenvalue weighted by atomic mass is 10.0. The van der Waals surface area contributed by atoms with Crippen LogP contribution in [0.5, 0.6) is 0 Å². The summed E-state index contributed by atoms with van der Waals surface area (Å²) in [6.45, 7) is 7.24. The van der Waals surface area contributed by atoms with Crippen LogP contribution in [0.1, 0.15) is 117 Å². The van der Waals surface area contributed by atoms with E-state index in [-0.39, 0.29) is 6.04 Å². The van der Waals surface area contributed by atoms with E-state index in [1.54, 1.807) is 0 Å². The Hall–Kier alpha value is -0.830. The van der Waals surface area contributed by atoms with Gasteiger partial charge in [0.1, 0.15) is 6.04 Å². The van der Waals surface area contributed by atoms with E-state index < -0.39 is 5.97 Å². The van der Waals surface area contributed by atoms with Gasteiger partial charge in [-0.05, 0) is 51.0 Å². The van der Waals surface area contributed by atoms with E-state index in [1.165, 1.54) is 83.5 Å². The number of carboxylic acids is 1. The molecule has 1 atom stereocenters. The van der Waals surface area contributed by atoms with Crippen molar-refractivity contribution in [2.24, 2.45) is 5.92 Å². The Bertz CT molecular complexity index is 352. The van der Waals surface area contributed by atoms with E-state index in [4.69, 9.17) is 0 Å². The van der Waals surface area contributed by atoms with Gasteiger partial charge in [-0.25, -0.2) is 0 Å². The molecule has 160 valence electrons. The first kappa shape index (κ1) is 26.2. The molecule has 2 N–H and O–H groups in total. The van der Waals surface area contributed by atoms with Crippen LogP contribution >= 0.6 is 0 Å². The van der Waals surface area contributed by atoms with Crippen LogP contribution in [0.4, 0.5) is 0 Å². The number of nitrogens with one attached hydrogen (secondary N) is 1. The van der Waals surface area contributed by atoms with Gasteiger partial charge >= 0.3 is 5.97 Å². The van der Waals surface area contributed by atoms with Gasteiger partial charge in [-0.3, -0.25) is 4.79 Å². The van der Waals surface area contributed by atoms with E-state index in [0.29, 0.717) is 12.3 Å². The second kappa shape index (κ2) is 19.9. The highest BCUT2D eigenvalue weighted by Crippen LogP contribution is 2.10. The van der Waals surface area contributed by atoms with Crippen molar-refractivity contribution < 1.29 is 9.90 Å². The minimum atomic E-state index is -0.715. The van der Waals surface area contributed by atoms with E-state index in [2.05, 4.69) is 38.2 Å². The lowest BCUT2D eigenvalue weighted by Gasteiger charge is -2.16. The van der Waals surface area contributed by atoms with Crippen molar-refractivity contribution in [2.75, 3.05) is 6.54 Å². The third-order valence-electron chi connectivity index (χ3n) is 5.08. The van der Waals surface area contributed by atoms with Gasteiger partial charge in [0, 0.05) is 0 Å². The number of hydrogen-bond donors (Lipinski definition) is 2. The van der Waals surface area contributed by atoms with Crippen LogP contribution in [0.3, 0.4) is 0 Å². The Morgan fingerprint density at radius 2 is 1.30 bits per heavy atom. The maximum atomic E-state index is 11.2. The number of carboxylic acid groups (broad SMARTS) is 1. The molecule has 0 spiro atoms. The van der Waals surface area contributed by atoms with Crippen LogP contribution < -0.4 is 5.32 Å². The minimum Gasteiger partial charge on any atom is -0.480 e. The first-order valence-electron chi connectivity index (χ1n) is 11.7. The standard InChI is InChI=1S/C24H47NO2/c1-4-5-6-7-8-9-10-11-12-13-14-15-16-17-18-19-20-25-23(24(26)27)21-22(2)3/h11-12,22-23,25H,4-10,13-21H2,1-3H3,(H,26,27)/b12-11-/t23-/m0/s1. The minimum absolute atomic E-state index is 0.381. The molecule has 0 saturated heterocycles. The fourth-order valence-electron chi connectivity index (χ4n) is 3.39. The first-order chi connectivity index (χ1) is 13.1. The van der Waals surface area contributed by atoms with Crippen LogP contribution in [-0.4, -0.2) is 23.7 Å². The molecule has 0 aliphatic carbocycles. The third-order valence-corrected chi connectivity index (χ3v) is 5.08. The quantitative estimate of drug-likeness (QED) is 0.174. The first-order valence-corrected chi connectivity index (χ1v) is 11.7. The van der Waals surface area contributed by atoms with Gasteiger partial charge in [-0.15, -0.1) is 0 Å². The van der Waals surface area contributed by atoms with Crippen molar-refractivity contribution in [1.82, 2.24) is 5.32 Å². The highest BCUT2D eigenvalue weighted by Gasteiger charge is 2.17. The second-order valence-electron chi connectivity index (χ2n) is 8.41. The van der Waals surface area contributed by atoms with Gasteiger partial charge in [0.05, 0.1) is 0 Å². The number of hydrogen-bond acceptors (Lipinski definition) is 2. The average molecular weight is 382 g/mol. The number of allylic oxidation sites excluding steroid dienone is 2. The maximum absolute atomic E-state index is 11.2. The number of carbonyl (C=O) groups is 1. The molecule has 27 heavy (non-hydrogen) atoms. The molecule has 0 radical (unpaired) electrons. The Balaban J connectivity index is 3.33. The monoisotopic (exact) mass is 381 g/mol. The summed E-state index contributed by atoms with van der Waals surface area (Å²) in [5.74, 6) is -0.299. The smallest absolute Gasteiger partial charge is 0.320 e. The molecule has 0 saturated carbocycles. The molecule has 0 aliphatic heterocycles. The van der Waals surface area contributed by atoms with Gasteiger partial charge in [0.25, 0.3) is 0 Å². The maximum Gasteiger partial charge on any atom is 0.320 e. The van der Waals surface area contributed by atoms with Crippen molar-refractivity contribution in [3.05, 3.63) is 12.2 Å². The number of unbranched alkanes of at least 4 members (excludes halogenated alkanes) is 12. The van der Waals surface area contributed by atoms with Crippen LogP contribution in [0.15, 0.2) is 12.2 Å². The van der Waals surface area contributed by atoms with Gasteiger partial charge in [-0.1, -0.05) is 90.7 Å². The normalized spacial score (nSPS) is 12.9. The summed E-state index contributed by atoms with van der Waals surface area (Å²) in [4.78, 5) is 11.2. The summed E-state index contributed by atoms with van der Waals surface area (Å²) in [6.07, 6.45) is 23.7. The molecule has 0 heterocycles. The van der Waals surface area contributed by atoms with Crippen molar-refractivity contribution >= 4 is 5.97 Å². The summed E-state index contributed by atoms with van der Waals surface area (Å²) >= 11 is 0. The van der Waals surface area contributed by atoms with E-state index in [9.17, 15) is 9.90 Å². The molecule has 0 amide bonds. The van der Waals surface area contributed by atoms with Gasteiger partial charge in [0.15, 0.2) is 0 Å². The zero-order valence-electron chi connectivity index (χ0n) is 18.5. The predicted octanol–water partition coefficient (Wildman–Crippen LogP) is 7.11. The van der Waals surface area contributed by atoms with Crippen molar-refractivity contribution in [2.45, 2.75) is 123 Å². The van der Waals surface area contributed by atoms with E-state index >= 15 is 0 Å². The Morgan fingerprint density at radius 1 is 0.815 bits per heavy atom. The summed E-state index contributed by atoms with van der Waals surface area (Å²) < 4.78 is 0. The predicted molar refractivity (Wildman–Crippen MR) is 118 cm³/mol. The lowest BCUT2D eigenvalue weighted by Crippen LogP contribution is -2.38. The van der Waals surface area contributed by atoms with E-state index in [1.807, 2.05) is 0 Å². The van der Waals surface area contributed by atoms with Crippen molar-refractivity contribution in [1.29, 1.82) is 0 Å². The summed E-state index contributed by atoms with van der Waals surface area (Å²) in [6, 6.07) is -0.381. The van der Waals surface area contributed by atoms with Crippen molar-refractivity contribution in [3.8, 4) is 0 Å². The van der Waals surface area contributed by atoms with Crippen LogP contribution in [-0.2, 0) is 4.79 Å². The van der Waals surface area contributed by atoms with Crippen molar-refractivity contribution in [3.63, 3.8) is 0 Å². The molecular weight excluding hydrogens is 334 g/mol. The summed E-state index contributed by atoms with van der Waals surface area (Å²) in [7, 11) is 0. The largest absolute Gasteiger partial charge is 0.480 e. The molecule has 0 aliphatic rings. The molecule has 0 rings (SSSR count). The second-order valence-corrected chi connectivity index (χ2v) is 8.41. The molecular formula is C24H47NO2. The summed E-state index contributed by atoms with van der Waals surface area (Å²) in [5, 5.41) is 12.4. The van der Waals surface area contributed by atoms with Gasteiger partial charge in [-0.2, -0.15) is 0 Å².